The van der Waals surface area contributed by atoms with Crippen molar-refractivity contribution in [1.29, 1.82) is 0 Å². The van der Waals surface area contributed by atoms with Crippen LogP contribution in [0, 0.1) is 13.8 Å². The summed E-state index contributed by atoms with van der Waals surface area (Å²) in [5.74, 6) is 0.813. The number of fused-ring (bicyclic) bond motifs is 1. The molecule has 2 amide bonds. The zero-order chi connectivity index (χ0) is 31.2. The van der Waals surface area contributed by atoms with E-state index in [1.807, 2.05) is 78.6 Å². The van der Waals surface area contributed by atoms with Crippen molar-refractivity contribution in [1.82, 2.24) is 24.8 Å². The minimum absolute atomic E-state index is 0.0697. The number of rotatable bonds is 9. The molecule has 3 heterocycles. The molecule has 1 atom stereocenters. The highest BCUT2D eigenvalue weighted by Gasteiger charge is 2.34. The molecule has 8 heteroatoms. The highest BCUT2D eigenvalue weighted by Crippen LogP contribution is 2.24. The molecule has 0 aliphatic carbocycles. The van der Waals surface area contributed by atoms with Crippen molar-refractivity contribution in [2.75, 3.05) is 6.54 Å². The monoisotopic (exact) mass is 597 g/mol. The van der Waals surface area contributed by atoms with E-state index < -0.39 is 6.04 Å². The Morgan fingerprint density at radius 2 is 1.69 bits per heavy atom. The Morgan fingerprint density at radius 3 is 2.40 bits per heavy atom. The van der Waals surface area contributed by atoms with E-state index in [1.54, 1.807) is 36.5 Å². The van der Waals surface area contributed by atoms with Crippen molar-refractivity contribution in [3.8, 4) is 11.3 Å². The lowest BCUT2D eigenvalue weighted by molar-refractivity contribution is -0.144. The van der Waals surface area contributed by atoms with Crippen LogP contribution in [0.25, 0.3) is 17.3 Å². The molecule has 0 radical (unpaired) electrons. The molecule has 0 saturated heterocycles. The molecule has 8 nitrogen and oxygen atoms in total. The second-order valence-corrected chi connectivity index (χ2v) is 11.2. The van der Waals surface area contributed by atoms with Crippen LogP contribution >= 0.6 is 0 Å². The Balaban J connectivity index is 1.35. The lowest BCUT2D eigenvalue weighted by Crippen LogP contribution is -2.52. The van der Waals surface area contributed by atoms with E-state index in [-0.39, 0.29) is 18.4 Å². The van der Waals surface area contributed by atoms with E-state index in [1.165, 1.54) is 11.6 Å². The summed E-state index contributed by atoms with van der Waals surface area (Å²) in [4.78, 5) is 45.2. The molecule has 226 valence electrons. The Bertz CT molecular complexity index is 1800. The van der Waals surface area contributed by atoms with Gasteiger partial charge in [-0.1, -0.05) is 78.9 Å². The molecule has 0 N–H and O–H groups in total. The number of carbonyl (C=O) groups excluding carboxylic acids is 2. The highest BCUT2D eigenvalue weighted by atomic mass is 16.4. The fourth-order valence-corrected chi connectivity index (χ4v) is 5.78. The van der Waals surface area contributed by atoms with Crippen molar-refractivity contribution in [2.45, 2.75) is 45.8 Å². The van der Waals surface area contributed by atoms with Crippen molar-refractivity contribution in [3.63, 3.8) is 0 Å². The molecule has 5 aromatic rings. The SMILES string of the molecule is Cc1nc(C=CC(=O)N(Cc2ccc(-c3cnccn3)cc2)[C@@H](Cc2ccccc2)C(=O)N2CCc3ccccc3C2)c(C)o1. The Labute approximate surface area is 263 Å². The van der Waals surface area contributed by atoms with Crippen LogP contribution < -0.4 is 0 Å². The van der Waals surface area contributed by atoms with Gasteiger partial charge in [0.15, 0.2) is 5.89 Å². The van der Waals surface area contributed by atoms with Crippen molar-refractivity contribution in [3.05, 3.63) is 143 Å². The molecule has 6 rings (SSSR count). The molecular formula is C37H35N5O3. The number of carbonyl (C=O) groups is 2. The zero-order valence-electron chi connectivity index (χ0n) is 25.5. The normalized spacial score (nSPS) is 13.4. The third-order valence-corrected chi connectivity index (χ3v) is 8.15. The largest absolute Gasteiger partial charge is 0.446 e. The lowest BCUT2D eigenvalue weighted by Gasteiger charge is -2.37. The summed E-state index contributed by atoms with van der Waals surface area (Å²) in [6.45, 7) is 4.95. The third-order valence-electron chi connectivity index (χ3n) is 8.15. The molecule has 0 fully saturated rings. The van der Waals surface area contributed by atoms with Gasteiger partial charge < -0.3 is 14.2 Å². The van der Waals surface area contributed by atoms with Gasteiger partial charge in [0.2, 0.25) is 11.8 Å². The first-order valence-electron chi connectivity index (χ1n) is 15.1. The molecule has 0 spiro atoms. The second-order valence-electron chi connectivity index (χ2n) is 11.2. The topological polar surface area (TPSA) is 92.4 Å². The van der Waals surface area contributed by atoms with Crippen LogP contribution in [0.4, 0.5) is 0 Å². The smallest absolute Gasteiger partial charge is 0.247 e. The zero-order valence-corrected chi connectivity index (χ0v) is 25.5. The summed E-state index contributed by atoms with van der Waals surface area (Å²) in [7, 11) is 0. The quantitative estimate of drug-likeness (QED) is 0.194. The second kappa shape index (κ2) is 13.5. The Morgan fingerprint density at radius 1 is 0.933 bits per heavy atom. The maximum absolute atomic E-state index is 14.5. The first kappa shape index (κ1) is 29.7. The number of oxazole rings is 1. The van der Waals surface area contributed by atoms with Gasteiger partial charge in [-0.2, -0.15) is 0 Å². The fraction of sp³-hybridized carbons (Fsp3) is 0.216. The molecule has 0 bridgehead atoms. The lowest BCUT2D eigenvalue weighted by atomic mass is 9.97. The van der Waals surface area contributed by atoms with Crippen LogP contribution in [0.3, 0.4) is 0 Å². The van der Waals surface area contributed by atoms with E-state index >= 15 is 0 Å². The molecule has 0 saturated carbocycles. The highest BCUT2D eigenvalue weighted by molar-refractivity contribution is 5.95. The van der Waals surface area contributed by atoms with Crippen LogP contribution in [0.15, 0.2) is 108 Å². The molecule has 0 unspecified atom stereocenters. The fourth-order valence-electron chi connectivity index (χ4n) is 5.78. The van der Waals surface area contributed by atoms with Crippen molar-refractivity contribution >= 4 is 17.9 Å². The average Bonchev–Trinajstić information content (AvgIpc) is 3.41. The van der Waals surface area contributed by atoms with Gasteiger partial charge in [-0.25, -0.2) is 4.98 Å². The first-order valence-corrected chi connectivity index (χ1v) is 15.1. The van der Waals surface area contributed by atoms with E-state index in [2.05, 4.69) is 27.1 Å². The maximum Gasteiger partial charge on any atom is 0.247 e. The number of nitrogens with zero attached hydrogens (tertiary/aromatic N) is 5. The maximum atomic E-state index is 14.5. The molecule has 3 aromatic carbocycles. The summed E-state index contributed by atoms with van der Waals surface area (Å²) >= 11 is 0. The van der Waals surface area contributed by atoms with Gasteiger partial charge in [0.1, 0.15) is 17.5 Å². The van der Waals surface area contributed by atoms with Gasteiger partial charge in [0.05, 0.1) is 11.9 Å². The van der Waals surface area contributed by atoms with Gasteiger partial charge in [-0.3, -0.25) is 19.6 Å². The van der Waals surface area contributed by atoms with E-state index in [4.69, 9.17) is 4.42 Å². The number of hydrogen-bond acceptors (Lipinski definition) is 6. The minimum atomic E-state index is -0.727. The Hall–Kier alpha value is -5.37. The standard InChI is InChI=1S/C37H35N5O3/c1-26-33(40-27(2)45-26)16-17-36(43)42(24-29-12-14-31(15-13-29)34-23-38-19-20-39-34)35(22-28-8-4-3-5-9-28)37(44)41-21-18-30-10-6-7-11-32(30)25-41/h3-17,19-20,23,35H,18,21-22,24-25H2,1-2H3/t35-/m0/s1. The summed E-state index contributed by atoms with van der Waals surface area (Å²) in [5.41, 5.74) is 6.56. The molecule has 2 aromatic heterocycles. The summed E-state index contributed by atoms with van der Waals surface area (Å²) in [6.07, 6.45) is 9.34. The van der Waals surface area contributed by atoms with Gasteiger partial charge in [0, 0.05) is 57.0 Å². The predicted octanol–water partition coefficient (Wildman–Crippen LogP) is 5.99. The average molecular weight is 598 g/mol. The number of hydrogen-bond donors (Lipinski definition) is 0. The van der Waals surface area contributed by atoms with Crippen molar-refractivity contribution in [2.24, 2.45) is 0 Å². The van der Waals surface area contributed by atoms with Gasteiger partial charge in [-0.05, 0) is 41.7 Å². The third kappa shape index (κ3) is 7.07. The number of aromatic nitrogens is 3. The van der Waals surface area contributed by atoms with Crippen LogP contribution in [0.5, 0.6) is 0 Å². The van der Waals surface area contributed by atoms with Crippen LogP contribution in [-0.4, -0.2) is 49.2 Å². The predicted molar refractivity (Wildman–Crippen MR) is 173 cm³/mol. The number of benzene rings is 3. The van der Waals surface area contributed by atoms with Crippen LogP contribution in [-0.2, 0) is 35.5 Å². The van der Waals surface area contributed by atoms with Crippen molar-refractivity contribution < 1.29 is 14.0 Å². The van der Waals surface area contributed by atoms with Gasteiger partial charge in [-0.15, -0.1) is 0 Å². The minimum Gasteiger partial charge on any atom is -0.446 e. The molecule has 1 aliphatic rings. The first-order chi connectivity index (χ1) is 21.9. The molecule has 1 aliphatic heterocycles. The summed E-state index contributed by atoms with van der Waals surface area (Å²) in [6, 6.07) is 25.3. The van der Waals surface area contributed by atoms with Crippen LogP contribution in [0.2, 0.25) is 0 Å². The summed E-state index contributed by atoms with van der Waals surface area (Å²) in [5, 5.41) is 0. The van der Waals surface area contributed by atoms with E-state index in [0.29, 0.717) is 36.9 Å². The van der Waals surface area contributed by atoms with E-state index in [0.717, 1.165) is 34.4 Å². The molecule has 45 heavy (non-hydrogen) atoms. The number of amides is 2. The van der Waals surface area contributed by atoms with Crippen LogP contribution in [0.1, 0.15) is 39.6 Å². The Kier molecular flexibility index (Phi) is 8.91. The number of aryl methyl sites for hydroxylation is 2. The van der Waals surface area contributed by atoms with Gasteiger partial charge in [0.25, 0.3) is 0 Å². The van der Waals surface area contributed by atoms with E-state index in [9.17, 15) is 9.59 Å². The molecular weight excluding hydrogens is 562 g/mol. The summed E-state index contributed by atoms with van der Waals surface area (Å²) < 4.78 is 5.57. The van der Waals surface area contributed by atoms with Gasteiger partial charge >= 0.3 is 0 Å².